The van der Waals surface area contributed by atoms with Crippen LogP contribution in [0.3, 0.4) is 0 Å². The van der Waals surface area contributed by atoms with Gasteiger partial charge < -0.3 is 10.1 Å². The molecule has 1 N–H and O–H groups in total. The highest BCUT2D eigenvalue weighted by Gasteiger charge is 2.42. The molecule has 1 saturated heterocycles. The topological polar surface area (TPSA) is 21.3 Å². The lowest BCUT2D eigenvalue weighted by molar-refractivity contribution is -0.0358. The van der Waals surface area contributed by atoms with Crippen LogP contribution in [0, 0.1) is 11.3 Å². The monoisotopic (exact) mass is 293 g/mol. The van der Waals surface area contributed by atoms with Gasteiger partial charge in [0.25, 0.3) is 0 Å². The summed E-state index contributed by atoms with van der Waals surface area (Å²) in [4.78, 5) is 0. The molecule has 1 heterocycles. The van der Waals surface area contributed by atoms with Gasteiger partial charge in [0.05, 0.1) is 11.7 Å². The van der Waals surface area contributed by atoms with Gasteiger partial charge in [-0.1, -0.05) is 39.5 Å². The van der Waals surface area contributed by atoms with Crippen LogP contribution in [0.25, 0.3) is 0 Å². The van der Waals surface area contributed by atoms with Gasteiger partial charge in [0, 0.05) is 13.1 Å². The lowest BCUT2D eigenvalue weighted by Gasteiger charge is -2.32. The second-order valence-corrected chi connectivity index (χ2v) is 8.60. The molecule has 3 rings (SSSR count). The van der Waals surface area contributed by atoms with Crippen molar-refractivity contribution in [2.45, 2.75) is 96.2 Å². The molecule has 3 fully saturated rings. The van der Waals surface area contributed by atoms with Gasteiger partial charge in [-0.2, -0.15) is 0 Å². The standard InChI is InChI=1S/C19H35NO/c1-16(2)13-18(8-3-4-9-18)15-20-14-17-7-12-19(21-17)10-5-6-11-19/h16-17,20H,3-15H2,1-2H3. The predicted molar refractivity (Wildman–Crippen MR) is 88.5 cm³/mol. The van der Waals surface area contributed by atoms with E-state index in [1.165, 1.54) is 77.2 Å². The molecular formula is C19H35NO. The van der Waals surface area contributed by atoms with E-state index < -0.39 is 0 Å². The molecular weight excluding hydrogens is 258 g/mol. The van der Waals surface area contributed by atoms with Crippen molar-refractivity contribution in [3.8, 4) is 0 Å². The first-order chi connectivity index (χ1) is 10.1. The summed E-state index contributed by atoms with van der Waals surface area (Å²) in [6, 6.07) is 0. The Hall–Kier alpha value is -0.0800. The lowest BCUT2D eigenvalue weighted by atomic mass is 9.78. The van der Waals surface area contributed by atoms with Gasteiger partial charge in [-0.05, 0) is 56.3 Å². The van der Waals surface area contributed by atoms with E-state index in [9.17, 15) is 0 Å². The molecule has 2 aliphatic carbocycles. The molecule has 122 valence electrons. The number of nitrogens with one attached hydrogen (secondary N) is 1. The molecule has 1 atom stereocenters. The van der Waals surface area contributed by atoms with Gasteiger partial charge in [-0.3, -0.25) is 0 Å². The molecule has 0 radical (unpaired) electrons. The zero-order valence-electron chi connectivity index (χ0n) is 14.3. The molecule has 0 aromatic rings. The Morgan fingerprint density at radius 2 is 1.67 bits per heavy atom. The second-order valence-electron chi connectivity index (χ2n) is 8.60. The minimum Gasteiger partial charge on any atom is -0.370 e. The van der Waals surface area contributed by atoms with Crippen LogP contribution in [0.2, 0.25) is 0 Å². The highest BCUT2D eigenvalue weighted by atomic mass is 16.5. The van der Waals surface area contributed by atoms with Gasteiger partial charge in [-0.25, -0.2) is 0 Å². The Labute approximate surface area is 131 Å². The third-order valence-electron chi connectivity index (χ3n) is 6.23. The molecule has 1 spiro atoms. The number of hydrogen-bond donors (Lipinski definition) is 1. The van der Waals surface area contributed by atoms with Crippen molar-refractivity contribution in [3.05, 3.63) is 0 Å². The van der Waals surface area contributed by atoms with Gasteiger partial charge in [0.15, 0.2) is 0 Å². The Kier molecular flexibility index (Phi) is 4.95. The van der Waals surface area contributed by atoms with Gasteiger partial charge >= 0.3 is 0 Å². The predicted octanol–water partition coefficient (Wildman–Crippen LogP) is 4.67. The highest BCUT2D eigenvalue weighted by Crippen LogP contribution is 2.44. The van der Waals surface area contributed by atoms with E-state index in [-0.39, 0.29) is 0 Å². The summed E-state index contributed by atoms with van der Waals surface area (Å²) in [5, 5.41) is 3.80. The maximum atomic E-state index is 6.43. The summed E-state index contributed by atoms with van der Waals surface area (Å²) in [6.07, 6.45) is 15.7. The van der Waals surface area contributed by atoms with Crippen LogP contribution in [0.4, 0.5) is 0 Å². The molecule has 1 aliphatic heterocycles. The van der Waals surface area contributed by atoms with Crippen molar-refractivity contribution < 1.29 is 4.74 Å². The summed E-state index contributed by atoms with van der Waals surface area (Å²) in [5.41, 5.74) is 0.896. The van der Waals surface area contributed by atoms with E-state index in [1.54, 1.807) is 0 Å². The van der Waals surface area contributed by atoms with Crippen LogP contribution in [0.5, 0.6) is 0 Å². The third kappa shape index (κ3) is 3.82. The SMILES string of the molecule is CC(C)CC1(CNCC2CCC3(CCCC3)O2)CCCC1. The van der Waals surface area contributed by atoms with Gasteiger partial charge in [0.1, 0.15) is 0 Å². The molecule has 2 heteroatoms. The highest BCUT2D eigenvalue weighted by molar-refractivity contribution is 4.94. The van der Waals surface area contributed by atoms with Crippen molar-refractivity contribution in [2.24, 2.45) is 11.3 Å². The first-order valence-electron chi connectivity index (χ1n) is 9.50. The maximum absolute atomic E-state index is 6.43. The van der Waals surface area contributed by atoms with Crippen molar-refractivity contribution in [1.29, 1.82) is 0 Å². The van der Waals surface area contributed by atoms with Crippen molar-refractivity contribution in [3.63, 3.8) is 0 Å². The number of hydrogen-bond acceptors (Lipinski definition) is 2. The smallest absolute Gasteiger partial charge is 0.0708 e. The fraction of sp³-hybridized carbons (Fsp3) is 1.00. The molecule has 3 aliphatic rings. The first kappa shape index (κ1) is 15.8. The normalized spacial score (nSPS) is 30.7. The van der Waals surface area contributed by atoms with Crippen molar-refractivity contribution in [1.82, 2.24) is 5.32 Å². The Balaban J connectivity index is 1.43. The molecule has 1 unspecified atom stereocenters. The molecule has 0 bridgehead atoms. The average Bonchev–Trinajstić information content (AvgIpc) is 3.14. The van der Waals surface area contributed by atoms with Crippen molar-refractivity contribution in [2.75, 3.05) is 13.1 Å². The molecule has 21 heavy (non-hydrogen) atoms. The van der Waals surface area contributed by atoms with Crippen LogP contribution in [0.1, 0.15) is 84.5 Å². The fourth-order valence-electron chi connectivity index (χ4n) is 5.37. The summed E-state index contributed by atoms with van der Waals surface area (Å²) >= 11 is 0. The second kappa shape index (κ2) is 6.58. The van der Waals surface area contributed by atoms with E-state index in [2.05, 4.69) is 19.2 Å². The fourth-order valence-corrected chi connectivity index (χ4v) is 5.37. The van der Waals surface area contributed by atoms with Crippen LogP contribution in [-0.4, -0.2) is 24.8 Å². The third-order valence-corrected chi connectivity index (χ3v) is 6.23. The summed E-state index contributed by atoms with van der Waals surface area (Å²) < 4.78 is 6.43. The van der Waals surface area contributed by atoms with E-state index in [0.29, 0.717) is 17.1 Å². The lowest BCUT2D eigenvalue weighted by Crippen LogP contribution is -2.38. The van der Waals surface area contributed by atoms with Gasteiger partial charge in [-0.15, -0.1) is 0 Å². The van der Waals surface area contributed by atoms with E-state index in [1.807, 2.05) is 0 Å². The molecule has 0 aromatic heterocycles. The van der Waals surface area contributed by atoms with Crippen LogP contribution < -0.4 is 5.32 Å². The Morgan fingerprint density at radius 1 is 1.00 bits per heavy atom. The maximum Gasteiger partial charge on any atom is 0.0708 e. The van der Waals surface area contributed by atoms with E-state index in [4.69, 9.17) is 4.74 Å². The zero-order chi connectivity index (χ0) is 14.8. The average molecular weight is 293 g/mol. The summed E-state index contributed by atoms with van der Waals surface area (Å²) in [6.45, 7) is 7.06. The summed E-state index contributed by atoms with van der Waals surface area (Å²) in [5.74, 6) is 0.828. The molecule has 0 aromatic carbocycles. The minimum atomic E-state index is 0.301. The van der Waals surface area contributed by atoms with Crippen LogP contribution in [-0.2, 0) is 4.74 Å². The van der Waals surface area contributed by atoms with Gasteiger partial charge in [0.2, 0.25) is 0 Å². The summed E-state index contributed by atoms with van der Waals surface area (Å²) in [7, 11) is 0. The van der Waals surface area contributed by atoms with Crippen LogP contribution in [0.15, 0.2) is 0 Å². The number of ether oxygens (including phenoxy) is 1. The molecule has 2 saturated carbocycles. The Bertz CT molecular complexity index is 326. The minimum absolute atomic E-state index is 0.301. The van der Waals surface area contributed by atoms with Crippen LogP contribution >= 0.6 is 0 Å². The first-order valence-corrected chi connectivity index (χ1v) is 9.50. The quantitative estimate of drug-likeness (QED) is 0.768. The largest absolute Gasteiger partial charge is 0.370 e. The van der Waals surface area contributed by atoms with Crippen molar-refractivity contribution >= 4 is 0 Å². The van der Waals surface area contributed by atoms with E-state index in [0.717, 1.165) is 12.5 Å². The zero-order valence-corrected chi connectivity index (χ0v) is 14.3. The molecule has 2 nitrogen and oxygen atoms in total. The number of rotatable bonds is 6. The Morgan fingerprint density at radius 3 is 2.33 bits per heavy atom. The van der Waals surface area contributed by atoms with E-state index >= 15 is 0 Å². The molecule has 0 amide bonds.